The lowest BCUT2D eigenvalue weighted by molar-refractivity contribution is -0.385. The Hall–Kier alpha value is -2.93. The lowest BCUT2D eigenvalue weighted by Crippen LogP contribution is -2.28. The number of carbonyl (C=O) groups excluding carboxylic acids is 1. The van der Waals surface area contributed by atoms with E-state index < -0.39 is 4.92 Å². The molecule has 0 saturated heterocycles. The van der Waals surface area contributed by atoms with Crippen molar-refractivity contribution in [1.82, 2.24) is 4.90 Å². The van der Waals surface area contributed by atoms with E-state index in [1.807, 2.05) is 12.1 Å². The molecule has 1 amide bonds. The predicted octanol–water partition coefficient (Wildman–Crippen LogP) is 3.88. The SMILES string of the molecule is CCN(CC)CCOc1ccccc1NC(=O)c1ccc([N+](=O)[O-])c(C)c1. The molecule has 1 N–H and O–H groups in total. The lowest BCUT2D eigenvalue weighted by atomic mass is 10.1. The Morgan fingerprint density at radius 3 is 2.52 bits per heavy atom. The van der Waals surface area contributed by atoms with Crippen molar-refractivity contribution >= 4 is 17.3 Å². The molecule has 144 valence electrons. The molecule has 2 rings (SSSR count). The first-order chi connectivity index (χ1) is 13.0. The highest BCUT2D eigenvalue weighted by Gasteiger charge is 2.15. The second kappa shape index (κ2) is 9.68. The second-order valence-corrected chi connectivity index (χ2v) is 6.08. The third kappa shape index (κ3) is 5.52. The van der Waals surface area contributed by atoms with Crippen molar-refractivity contribution in [3.8, 4) is 5.75 Å². The number of nitrogens with zero attached hydrogens (tertiary/aromatic N) is 2. The van der Waals surface area contributed by atoms with Crippen LogP contribution in [0.1, 0.15) is 29.8 Å². The fourth-order valence-corrected chi connectivity index (χ4v) is 2.72. The molecule has 0 radical (unpaired) electrons. The molecule has 0 unspecified atom stereocenters. The molecule has 0 fully saturated rings. The summed E-state index contributed by atoms with van der Waals surface area (Å²) in [6.45, 7) is 9.05. The number of aryl methyl sites for hydroxylation is 1. The van der Waals surface area contributed by atoms with Gasteiger partial charge in [0.25, 0.3) is 11.6 Å². The Morgan fingerprint density at radius 2 is 1.89 bits per heavy atom. The Morgan fingerprint density at radius 1 is 1.19 bits per heavy atom. The molecule has 0 bridgehead atoms. The molecule has 7 nitrogen and oxygen atoms in total. The number of anilines is 1. The van der Waals surface area contributed by atoms with E-state index in [-0.39, 0.29) is 11.6 Å². The standard InChI is InChI=1S/C20H25N3O4/c1-4-22(5-2)12-13-27-19-9-7-6-8-17(19)21-20(24)16-10-11-18(23(25)26)15(3)14-16/h6-11,14H,4-5,12-13H2,1-3H3,(H,21,24). The topological polar surface area (TPSA) is 84.7 Å². The minimum atomic E-state index is -0.462. The van der Waals surface area contributed by atoms with Crippen LogP contribution in [-0.4, -0.2) is 42.0 Å². The van der Waals surface area contributed by atoms with Gasteiger partial charge in [0.2, 0.25) is 0 Å². The number of amides is 1. The lowest BCUT2D eigenvalue weighted by Gasteiger charge is -2.19. The average Bonchev–Trinajstić information content (AvgIpc) is 2.66. The van der Waals surface area contributed by atoms with Gasteiger partial charge in [0.15, 0.2) is 0 Å². The highest BCUT2D eigenvalue weighted by atomic mass is 16.6. The molecule has 0 aliphatic carbocycles. The summed E-state index contributed by atoms with van der Waals surface area (Å²) in [5.41, 5.74) is 1.36. The second-order valence-electron chi connectivity index (χ2n) is 6.08. The van der Waals surface area contributed by atoms with Crippen molar-refractivity contribution in [3.05, 3.63) is 63.7 Å². The number of nitrogens with one attached hydrogen (secondary N) is 1. The molecule has 2 aromatic rings. The third-order valence-electron chi connectivity index (χ3n) is 4.35. The van der Waals surface area contributed by atoms with E-state index >= 15 is 0 Å². The number of nitro groups is 1. The average molecular weight is 371 g/mol. The Balaban J connectivity index is 2.07. The quantitative estimate of drug-likeness (QED) is 0.534. The summed E-state index contributed by atoms with van der Waals surface area (Å²) in [6.07, 6.45) is 0. The molecule has 2 aromatic carbocycles. The summed E-state index contributed by atoms with van der Waals surface area (Å²) in [5.74, 6) is 0.254. The molecule has 0 aromatic heterocycles. The van der Waals surface area contributed by atoms with Crippen LogP contribution >= 0.6 is 0 Å². The smallest absolute Gasteiger partial charge is 0.272 e. The van der Waals surface area contributed by atoms with Crippen molar-refractivity contribution in [2.75, 3.05) is 31.6 Å². The summed E-state index contributed by atoms with van der Waals surface area (Å²) in [5, 5.41) is 13.7. The fourth-order valence-electron chi connectivity index (χ4n) is 2.72. The van der Waals surface area contributed by atoms with E-state index in [2.05, 4.69) is 24.1 Å². The van der Waals surface area contributed by atoms with Crippen LogP contribution in [-0.2, 0) is 0 Å². The number of nitro benzene ring substituents is 1. The fraction of sp³-hybridized carbons (Fsp3) is 0.350. The van der Waals surface area contributed by atoms with Gasteiger partial charge in [-0.05, 0) is 44.3 Å². The van der Waals surface area contributed by atoms with Gasteiger partial charge in [-0.3, -0.25) is 14.9 Å². The number of rotatable bonds is 9. The maximum absolute atomic E-state index is 12.5. The molecular weight excluding hydrogens is 346 g/mol. The van der Waals surface area contributed by atoms with Crippen molar-refractivity contribution in [2.24, 2.45) is 0 Å². The first-order valence-electron chi connectivity index (χ1n) is 8.96. The Labute approximate surface area is 159 Å². The van der Waals surface area contributed by atoms with Crippen LogP contribution in [0.2, 0.25) is 0 Å². The molecule has 0 spiro atoms. The maximum atomic E-state index is 12.5. The molecule has 27 heavy (non-hydrogen) atoms. The van der Waals surface area contributed by atoms with Gasteiger partial charge in [-0.25, -0.2) is 0 Å². The number of likely N-dealkylation sites (N-methyl/N-ethyl adjacent to an activating group) is 1. The highest BCUT2D eigenvalue weighted by Crippen LogP contribution is 2.25. The van der Waals surface area contributed by atoms with Gasteiger partial charge in [-0.2, -0.15) is 0 Å². The van der Waals surface area contributed by atoms with Gasteiger partial charge in [-0.1, -0.05) is 26.0 Å². The van der Waals surface area contributed by atoms with Crippen LogP contribution in [0, 0.1) is 17.0 Å². The number of benzene rings is 2. The van der Waals surface area contributed by atoms with Gasteiger partial charge >= 0.3 is 0 Å². The molecule has 0 aliphatic heterocycles. The van der Waals surface area contributed by atoms with E-state index in [0.29, 0.717) is 29.2 Å². The van der Waals surface area contributed by atoms with E-state index in [1.165, 1.54) is 18.2 Å². The van der Waals surface area contributed by atoms with Gasteiger partial charge in [-0.15, -0.1) is 0 Å². The normalized spacial score (nSPS) is 10.7. The minimum Gasteiger partial charge on any atom is -0.490 e. The summed E-state index contributed by atoms with van der Waals surface area (Å²) < 4.78 is 5.84. The summed E-state index contributed by atoms with van der Waals surface area (Å²) in [6, 6.07) is 11.5. The van der Waals surface area contributed by atoms with Gasteiger partial charge in [0, 0.05) is 23.7 Å². The summed E-state index contributed by atoms with van der Waals surface area (Å²) in [4.78, 5) is 25.2. The first-order valence-corrected chi connectivity index (χ1v) is 8.96. The number of hydrogen-bond acceptors (Lipinski definition) is 5. The maximum Gasteiger partial charge on any atom is 0.272 e. The largest absolute Gasteiger partial charge is 0.490 e. The summed E-state index contributed by atoms with van der Waals surface area (Å²) >= 11 is 0. The van der Waals surface area contributed by atoms with Gasteiger partial charge < -0.3 is 15.0 Å². The van der Waals surface area contributed by atoms with Crippen LogP contribution in [0.4, 0.5) is 11.4 Å². The summed E-state index contributed by atoms with van der Waals surface area (Å²) in [7, 11) is 0. The van der Waals surface area contributed by atoms with Crippen LogP contribution < -0.4 is 10.1 Å². The third-order valence-corrected chi connectivity index (χ3v) is 4.35. The minimum absolute atomic E-state index is 0.00770. The van der Waals surface area contributed by atoms with Crippen molar-refractivity contribution in [1.29, 1.82) is 0 Å². The van der Waals surface area contributed by atoms with Crippen LogP contribution in [0.15, 0.2) is 42.5 Å². The van der Waals surface area contributed by atoms with Crippen molar-refractivity contribution in [2.45, 2.75) is 20.8 Å². The van der Waals surface area contributed by atoms with E-state index in [4.69, 9.17) is 4.74 Å². The van der Waals surface area contributed by atoms with E-state index in [0.717, 1.165) is 19.6 Å². The molecule has 0 aliphatic rings. The van der Waals surface area contributed by atoms with Crippen LogP contribution in [0.25, 0.3) is 0 Å². The van der Waals surface area contributed by atoms with Gasteiger partial charge in [0.05, 0.1) is 10.6 Å². The number of para-hydroxylation sites is 2. The monoisotopic (exact) mass is 371 g/mol. The molecule has 7 heteroatoms. The zero-order valence-electron chi connectivity index (χ0n) is 15.9. The van der Waals surface area contributed by atoms with Gasteiger partial charge in [0.1, 0.15) is 12.4 Å². The van der Waals surface area contributed by atoms with E-state index in [9.17, 15) is 14.9 Å². The van der Waals surface area contributed by atoms with E-state index in [1.54, 1.807) is 19.1 Å². The number of carbonyl (C=O) groups is 1. The Bertz CT molecular complexity index is 804. The number of hydrogen-bond donors (Lipinski definition) is 1. The molecule has 0 atom stereocenters. The molecule has 0 heterocycles. The van der Waals surface area contributed by atoms with Crippen molar-refractivity contribution in [3.63, 3.8) is 0 Å². The van der Waals surface area contributed by atoms with Crippen LogP contribution in [0.3, 0.4) is 0 Å². The first kappa shape index (κ1) is 20.4. The van der Waals surface area contributed by atoms with Crippen molar-refractivity contribution < 1.29 is 14.5 Å². The Kier molecular flexibility index (Phi) is 7.31. The molecular formula is C20H25N3O4. The predicted molar refractivity (Wildman–Crippen MR) is 106 cm³/mol. The van der Waals surface area contributed by atoms with Crippen LogP contribution in [0.5, 0.6) is 5.75 Å². The zero-order chi connectivity index (χ0) is 19.8. The molecule has 0 saturated carbocycles. The highest BCUT2D eigenvalue weighted by molar-refractivity contribution is 6.05. The zero-order valence-corrected chi connectivity index (χ0v) is 15.9. The number of ether oxygens (including phenoxy) is 1.